The van der Waals surface area contributed by atoms with Crippen LogP contribution in [0.3, 0.4) is 0 Å². The number of rotatable bonds is 9. The maximum atomic E-state index is 12.3. The van der Waals surface area contributed by atoms with E-state index < -0.39 is 27.3 Å². The monoisotopic (exact) mass is 888 g/mol. The van der Waals surface area contributed by atoms with Crippen LogP contribution in [0, 0.1) is 33.3 Å². The molecule has 0 fully saturated rings. The van der Waals surface area contributed by atoms with Crippen LogP contribution in [-0.2, 0) is 85.5 Å². The number of hydrogen-bond donors (Lipinski definition) is 0. The van der Waals surface area contributed by atoms with E-state index in [9.17, 15) is 19.2 Å². The first-order chi connectivity index (χ1) is 21.6. The van der Waals surface area contributed by atoms with Gasteiger partial charge in [0, 0.05) is 0 Å². The second kappa shape index (κ2) is 29.2. The standard InChI is InChI=1S/C20H20O9S5.5CO.W/c1-25-9-10(19-31-11(15(21)26-2)12(32-19)16(22)27-3)7-8-20(30-6)33-13(17(23)28-4)14(34-20)18(24)29-5;5*1-2;/h7-8H,1-6H3;;;;;;/b8-7+;;;;;;. The molecule has 0 amide bonds. The van der Waals surface area contributed by atoms with Gasteiger partial charge in [0.1, 0.15) is 0 Å². The molecule has 2 aliphatic heterocycles. The van der Waals surface area contributed by atoms with Crippen LogP contribution in [0.25, 0.3) is 0 Å². The summed E-state index contributed by atoms with van der Waals surface area (Å²) in [5.41, 5.74) is 0.638. The van der Waals surface area contributed by atoms with Crippen LogP contribution in [0.15, 0.2) is 41.6 Å². The Balaban J connectivity index is -0.000000762. The van der Waals surface area contributed by atoms with E-state index in [4.69, 9.17) is 46.9 Å². The molecule has 2 aliphatic rings. The average Bonchev–Trinajstić information content (AvgIpc) is 3.74. The number of hydrogen-bond acceptors (Lipinski definition) is 14. The quantitative estimate of drug-likeness (QED) is 0.141. The Bertz CT molecular complexity index is 1210. The molecular weight excluding hydrogens is 868 g/mol. The second-order valence-electron chi connectivity index (χ2n) is 6.02. The number of methoxy groups -OCH3 is 5. The summed E-state index contributed by atoms with van der Waals surface area (Å²) in [4.78, 5) is 49.7. The zero-order chi connectivity index (χ0) is 36.3. The number of esters is 4. The van der Waals surface area contributed by atoms with Crippen LogP contribution < -0.4 is 0 Å². The van der Waals surface area contributed by atoms with Gasteiger partial charge in [-0.15, -0.1) is 0 Å². The Hall–Kier alpha value is -2.19. The predicted molar refractivity (Wildman–Crippen MR) is 157 cm³/mol. The van der Waals surface area contributed by atoms with E-state index in [-0.39, 0.29) is 19.6 Å². The second-order valence-corrected chi connectivity index (χ2v) is 14.0. The van der Waals surface area contributed by atoms with Crippen molar-refractivity contribution < 1.29 is 85.5 Å². The molecule has 0 aliphatic carbocycles. The van der Waals surface area contributed by atoms with Gasteiger partial charge in [-0.3, -0.25) is 0 Å². The Morgan fingerprint density at radius 2 is 0.956 bits per heavy atom. The van der Waals surface area contributed by atoms with Crippen molar-refractivity contribution in [3.63, 3.8) is 0 Å². The first kappa shape index (κ1) is 49.7. The summed E-state index contributed by atoms with van der Waals surface area (Å²) < 4.78 is 62.8. The van der Waals surface area contributed by atoms with E-state index in [1.165, 1.54) is 70.8 Å². The molecule has 0 bridgehead atoms. The number of carbonyl (C=O) groups is 4. The van der Waals surface area contributed by atoms with E-state index in [0.717, 1.165) is 42.9 Å². The molecule has 0 saturated heterocycles. The van der Waals surface area contributed by atoms with Gasteiger partial charge in [0.15, 0.2) is 0 Å². The molecule has 0 radical (unpaired) electrons. The van der Waals surface area contributed by atoms with Gasteiger partial charge in [-0.1, -0.05) is 0 Å². The minimum absolute atomic E-state index is 0.121. The molecule has 0 saturated carbocycles. The van der Waals surface area contributed by atoms with Gasteiger partial charge < -0.3 is 0 Å². The summed E-state index contributed by atoms with van der Waals surface area (Å²) in [6.07, 6.45) is 5.45. The van der Waals surface area contributed by atoms with Crippen LogP contribution in [-0.4, -0.2) is 73.2 Å². The molecule has 0 aromatic heterocycles. The predicted octanol–water partition coefficient (Wildman–Crippen LogP) is 2.98. The molecule has 0 aromatic rings. The van der Waals surface area contributed by atoms with E-state index in [1.807, 2.05) is 12.3 Å². The summed E-state index contributed by atoms with van der Waals surface area (Å²) >= 11 is 6.92. The minimum atomic E-state index is -0.792. The SMILES string of the molecule is COC(=O)C1=C(C(=O)OC)SC(=C(/C=C/C2(SC)SC(C(=O)OC)=C(C(=O)OC)S2)[C](=[W])OC)S1.[C-]#[O+].[C-]#[O+].[C-]#[O+].[C-]#[O+].[C-]#[O+]. The molecule has 0 spiro atoms. The molecule has 2 heterocycles. The van der Waals surface area contributed by atoms with Gasteiger partial charge >= 0.3 is 292 Å². The van der Waals surface area contributed by atoms with Gasteiger partial charge in [-0.05, 0) is 0 Å². The third kappa shape index (κ3) is 14.8. The van der Waals surface area contributed by atoms with Crippen molar-refractivity contribution in [2.75, 3.05) is 41.8 Å². The summed E-state index contributed by atoms with van der Waals surface area (Å²) in [6.45, 7) is 22.5. The van der Waals surface area contributed by atoms with Gasteiger partial charge in [0.25, 0.3) is 0 Å². The van der Waals surface area contributed by atoms with E-state index in [0.29, 0.717) is 13.9 Å². The Labute approximate surface area is 290 Å². The molecule has 0 aromatic carbocycles. The van der Waals surface area contributed by atoms with E-state index in [1.54, 1.807) is 6.08 Å². The zero-order valence-corrected chi connectivity index (χ0v) is 30.8. The summed E-state index contributed by atoms with van der Waals surface area (Å²) in [6, 6.07) is 0. The molecule has 0 N–H and O–H groups in total. The fourth-order valence-electron chi connectivity index (χ4n) is 2.45. The van der Waals surface area contributed by atoms with Gasteiger partial charge in [0.05, 0.1) is 0 Å². The van der Waals surface area contributed by atoms with Crippen LogP contribution in [0.1, 0.15) is 0 Å². The molecule has 20 heteroatoms. The van der Waals surface area contributed by atoms with Crippen molar-refractivity contribution in [2.45, 2.75) is 3.41 Å². The third-order valence-electron chi connectivity index (χ3n) is 4.14. The number of carbonyl (C=O) groups excluding carboxylic acids is 4. The van der Waals surface area contributed by atoms with E-state index in [2.05, 4.69) is 33.3 Å². The zero-order valence-electron chi connectivity index (χ0n) is 23.8. The number of thioether (sulfide) groups is 5. The normalized spacial score (nSPS) is 13.5. The molecule has 0 atom stereocenters. The summed E-state index contributed by atoms with van der Waals surface area (Å²) in [5.74, 6) is -2.57. The Morgan fingerprint density at radius 1 is 0.644 bits per heavy atom. The first-order valence-electron chi connectivity index (χ1n) is 10.3. The van der Waals surface area contributed by atoms with Crippen molar-refractivity contribution in [1.29, 1.82) is 0 Å². The molecule has 2 rings (SSSR count). The summed E-state index contributed by atoms with van der Waals surface area (Å²) in [5, 5.41) is 0. The van der Waals surface area contributed by atoms with Crippen LogP contribution in [0.4, 0.5) is 0 Å². The molecule has 240 valence electrons. The summed E-state index contributed by atoms with van der Waals surface area (Å²) in [7, 11) is 6.47. The van der Waals surface area contributed by atoms with Crippen molar-refractivity contribution in [3.8, 4) is 0 Å². The Morgan fingerprint density at radius 3 is 1.22 bits per heavy atom. The fourth-order valence-corrected chi connectivity index (χ4v) is 9.90. The van der Waals surface area contributed by atoms with Crippen LogP contribution in [0.2, 0.25) is 0 Å². The van der Waals surface area contributed by atoms with E-state index >= 15 is 0 Å². The first-order valence-corrected chi connectivity index (χ1v) is 16.2. The molecule has 14 nitrogen and oxygen atoms in total. The van der Waals surface area contributed by atoms with Gasteiger partial charge in [0.2, 0.25) is 0 Å². The van der Waals surface area contributed by atoms with Crippen molar-refractivity contribution in [1.82, 2.24) is 0 Å². The van der Waals surface area contributed by atoms with Crippen LogP contribution in [0.5, 0.6) is 0 Å². The molecule has 45 heavy (non-hydrogen) atoms. The van der Waals surface area contributed by atoms with Crippen LogP contribution >= 0.6 is 58.8 Å². The molecule has 0 unspecified atom stereocenters. The maximum absolute atomic E-state index is 12.3. The van der Waals surface area contributed by atoms with Gasteiger partial charge in [-0.2, -0.15) is 0 Å². The van der Waals surface area contributed by atoms with Crippen molar-refractivity contribution >= 4 is 86.8 Å². The van der Waals surface area contributed by atoms with Crippen molar-refractivity contribution in [2.24, 2.45) is 0 Å². The van der Waals surface area contributed by atoms with Gasteiger partial charge in [-0.25, -0.2) is 0 Å². The number of ether oxygens (including phenoxy) is 5. The Kier molecular flexibility index (Phi) is 32.3. The topological polar surface area (TPSA) is 214 Å². The van der Waals surface area contributed by atoms with Crippen molar-refractivity contribution in [3.05, 3.63) is 74.8 Å². The third-order valence-corrected chi connectivity index (χ3v) is 12.9. The fraction of sp³-hybridized carbons (Fsp3) is 0.280. The average molecular weight is 889 g/mol. The molecular formula is C25H20O14S5W.